The van der Waals surface area contributed by atoms with Crippen LogP contribution in [0.2, 0.25) is 0 Å². The fraction of sp³-hybridized carbons (Fsp3) is 0.588. The number of rotatable bonds is 6. The van der Waals surface area contributed by atoms with Gasteiger partial charge in [0.05, 0.1) is 6.54 Å². The van der Waals surface area contributed by atoms with Crippen molar-refractivity contribution < 1.29 is 0 Å². The fourth-order valence-electron chi connectivity index (χ4n) is 2.58. The highest BCUT2D eigenvalue weighted by atomic mass is 32.2. The van der Waals surface area contributed by atoms with Gasteiger partial charge < -0.3 is 10.6 Å². The first kappa shape index (κ1) is 16.2. The molecule has 116 valence electrons. The molecule has 1 unspecified atom stereocenters. The first-order valence-electron chi connectivity index (χ1n) is 8.04. The Kier molecular flexibility index (Phi) is 6.93. The van der Waals surface area contributed by atoms with Gasteiger partial charge >= 0.3 is 0 Å². The molecule has 21 heavy (non-hydrogen) atoms. The van der Waals surface area contributed by atoms with Crippen molar-refractivity contribution in [3.05, 3.63) is 35.4 Å². The molecular formula is C17H27N3S. The third kappa shape index (κ3) is 5.27. The van der Waals surface area contributed by atoms with E-state index in [2.05, 4.69) is 60.5 Å². The molecule has 2 rings (SSSR count). The molecule has 0 radical (unpaired) electrons. The average Bonchev–Trinajstić information content (AvgIpc) is 3.03. The Labute approximate surface area is 133 Å². The zero-order chi connectivity index (χ0) is 14.9. The molecule has 0 saturated carbocycles. The Hall–Kier alpha value is -1.16. The summed E-state index contributed by atoms with van der Waals surface area (Å²) in [5.41, 5.74) is 2.72. The molecule has 0 aliphatic carbocycles. The van der Waals surface area contributed by atoms with Crippen molar-refractivity contribution in [3.63, 3.8) is 0 Å². The van der Waals surface area contributed by atoms with Gasteiger partial charge in [0, 0.05) is 18.3 Å². The molecular weight excluding hydrogens is 278 g/mol. The third-order valence-corrected chi connectivity index (χ3v) is 5.17. The maximum atomic E-state index is 4.74. The first-order valence-corrected chi connectivity index (χ1v) is 9.09. The topological polar surface area (TPSA) is 36.4 Å². The molecule has 1 aliphatic heterocycles. The lowest BCUT2D eigenvalue weighted by molar-refractivity contribution is 0.727. The van der Waals surface area contributed by atoms with Crippen molar-refractivity contribution in [2.75, 3.05) is 18.8 Å². The van der Waals surface area contributed by atoms with Crippen LogP contribution in [0.15, 0.2) is 29.3 Å². The predicted molar refractivity (Wildman–Crippen MR) is 94.1 cm³/mol. The summed E-state index contributed by atoms with van der Waals surface area (Å²) in [6.45, 7) is 6.98. The molecule has 1 atom stereocenters. The third-order valence-electron chi connectivity index (χ3n) is 3.77. The number of nitrogens with zero attached hydrogens (tertiary/aromatic N) is 1. The summed E-state index contributed by atoms with van der Waals surface area (Å²) in [5.74, 6) is 2.25. The minimum atomic E-state index is 0.747. The van der Waals surface area contributed by atoms with E-state index in [1.54, 1.807) is 0 Å². The second kappa shape index (κ2) is 8.98. The standard InChI is InChI=1S/C17H27N3S/c1-3-14-8-5-6-9-15(14)12-19-17(18-4-2)20-13-16-10-7-11-21-16/h5-6,8-9,16H,3-4,7,10-13H2,1-2H3,(H2,18,19,20). The number of hydrogen-bond acceptors (Lipinski definition) is 2. The van der Waals surface area contributed by atoms with Crippen molar-refractivity contribution >= 4 is 17.7 Å². The van der Waals surface area contributed by atoms with Gasteiger partial charge in [0.2, 0.25) is 0 Å². The number of benzene rings is 1. The van der Waals surface area contributed by atoms with E-state index in [9.17, 15) is 0 Å². The van der Waals surface area contributed by atoms with Gasteiger partial charge in [-0.05, 0) is 43.1 Å². The van der Waals surface area contributed by atoms with Crippen LogP contribution < -0.4 is 10.6 Å². The monoisotopic (exact) mass is 305 g/mol. The summed E-state index contributed by atoms with van der Waals surface area (Å²) in [6.07, 6.45) is 3.75. The molecule has 3 nitrogen and oxygen atoms in total. The number of aliphatic imine (C=N–C) groups is 1. The highest BCUT2D eigenvalue weighted by molar-refractivity contribution is 8.00. The summed E-state index contributed by atoms with van der Waals surface area (Å²) in [7, 11) is 0. The lowest BCUT2D eigenvalue weighted by Crippen LogP contribution is -2.40. The Morgan fingerprint density at radius 3 is 2.71 bits per heavy atom. The molecule has 1 saturated heterocycles. The average molecular weight is 305 g/mol. The zero-order valence-electron chi connectivity index (χ0n) is 13.2. The maximum Gasteiger partial charge on any atom is 0.191 e. The second-order valence-electron chi connectivity index (χ2n) is 5.33. The van der Waals surface area contributed by atoms with Crippen molar-refractivity contribution in [2.24, 2.45) is 4.99 Å². The number of nitrogens with one attached hydrogen (secondary N) is 2. The molecule has 2 N–H and O–H groups in total. The quantitative estimate of drug-likeness (QED) is 0.626. The highest BCUT2D eigenvalue weighted by Crippen LogP contribution is 2.25. The molecule has 0 bridgehead atoms. The smallest absolute Gasteiger partial charge is 0.191 e. The van der Waals surface area contributed by atoms with Crippen molar-refractivity contribution in [3.8, 4) is 0 Å². The normalized spacial score (nSPS) is 18.8. The minimum absolute atomic E-state index is 0.747. The van der Waals surface area contributed by atoms with E-state index >= 15 is 0 Å². The second-order valence-corrected chi connectivity index (χ2v) is 6.74. The van der Waals surface area contributed by atoms with Crippen LogP contribution in [0, 0.1) is 0 Å². The Morgan fingerprint density at radius 1 is 1.24 bits per heavy atom. The van der Waals surface area contributed by atoms with Crippen LogP contribution in [0.25, 0.3) is 0 Å². The van der Waals surface area contributed by atoms with Crippen LogP contribution in [0.4, 0.5) is 0 Å². The van der Waals surface area contributed by atoms with Gasteiger partial charge in [-0.1, -0.05) is 31.2 Å². The van der Waals surface area contributed by atoms with E-state index in [4.69, 9.17) is 4.99 Å². The van der Waals surface area contributed by atoms with Crippen molar-refractivity contribution in [2.45, 2.75) is 44.9 Å². The Balaban J connectivity index is 1.92. The largest absolute Gasteiger partial charge is 0.357 e. The molecule has 0 spiro atoms. The number of hydrogen-bond donors (Lipinski definition) is 2. The Bertz CT molecular complexity index is 453. The number of aryl methyl sites for hydroxylation is 1. The summed E-state index contributed by atoms with van der Waals surface area (Å²) in [5, 5.41) is 7.58. The molecule has 1 aliphatic rings. The van der Waals surface area contributed by atoms with Crippen LogP contribution in [0.3, 0.4) is 0 Å². The molecule has 1 aromatic rings. The van der Waals surface area contributed by atoms with E-state index in [0.717, 1.165) is 37.3 Å². The van der Waals surface area contributed by atoms with Gasteiger partial charge in [-0.3, -0.25) is 0 Å². The maximum absolute atomic E-state index is 4.74. The lowest BCUT2D eigenvalue weighted by atomic mass is 10.1. The first-order chi connectivity index (χ1) is 10.3. The highest BCUT2D eigenvalue weighted by Gasteiger charge is 2.15. The SMILES string of the molecule is CCNC(=NCc1ccccc1CC)NCC1CCCS1. The molecule has 1 fully saturated rings. The Morgan fingerprint density at radius 2 is 2.05 bits per heavy atom. The van der Waals surface area contributed by atoms with E-state index in [1.807, 2.05) is 0 Å². The lowest BCUT2D eigenvalue weighted by Gasteiger charge is -2.15. The number of guanidine groups is 1. The summed E-state index contributed by atoms with van der Waals surface area (Å²) >= 11 is 2.08. The van der Waals surface area contributed by atoms with Gasteiger partial charge in [-0.2, -0.15) is 11.8 Å². The van der Waals surface area contributed by atoms with Gasteiger partial charge in [0.1, 0.15) is 0 Å². The summed E-state index contributed by atoms with van der Waals surface area (Å²) < 4.78 is 0. The van der Waals surface area contributed by atoms with Crippen LogP contribution in [0.5, 0.6) is 0 Å². The van der Waals surface area contributed by atoms with E-state index in [0.29, 0.717) is 0 Å². The van der Waals surface area contributed by atoms with Crippen LogP contribution in [-0.2, 0) is 13.0 Å². The van der Waals surface area contributed by atoms with Gasteiger partial charge in [-0.15, -0.1) is 0 Å². The van der Waals surface area contributed by atoms with E-state index in [1.165, 1.54) is 29.7 Å². The summed E-state index contributed by atoms with van der Waals surface area (Å²) in [6, 6.07) is 8.57. The number of thioether (sulfide) groups is 1. The van der Waals surface area contributed by atoms with E-state index < -0.39 is 0 Å². The van der Waals surface area contributed by atoms with Crippen molar-refractivity contribution in [1.29, 1.82) is 0 Å². The van der Waals surface area contributed by atoms with Crippen molar-refractivity contribution in [1.82, 2.24) is 10.6 Å². The zero-order valence-corrected chi connectivity index (χ0v) is 14.0. The van der Waals surface area contributed by atoms with Gasteiger partial charge in [0.15, 0.2) is 5.96 Å². The van der Waals surface area contributed by atoms with E-state index in [-0.39, 0.29) is 0 Å². The predicted octanol–water partition coefficient (Wildman–Crippen LogP) is 3.20. The fourth-order valence-corrected chi connectivity index (χ4v) is 3.78. The minimum Gasteiger partial charge on any atom is -0.357 e. The molecule has 1 aromatic carbocycles. The molecule has 4 heteroatoms. The van der Waals surface area contributed by atoms with Crippen LogP contribution in [0.1, 0.15) is 37.8 Å². The van der Waals surface area contributed by atoms with Crippen LogP contribution >= 0.6 is 11.8 Å². The molecule has 0 amide bonds. The molecule has 1 heterocycles. The van der Waals surface area contributed by atoms with Crippen LogP contribution in [-0.4, -0.2) is 30.1 Å². The van der Waals surface area contributed by atoms with Gasteiger partial charge in [0.25, 0.3) is 0 Å². The molecule has 0 aromatic heterocycles. The van der Waals surface area contributed by atoms with Gasteiger partial charge in [-0.25, -0.2) is 4.99 Å². The summed E-state index contributed by atoms with van der Waals surface area (Å²) in [4.78, 5) is 4.74.